The van der Waals surface area contributed by atoms with Gasteiger partial charge in [-0.2, -0.15) is 0 Å². The third-order valence-electron chi connectivity index (χ3n) is 10.9. The monoisotopic (exact) mass is 1040 g/mol. The van der Waals surface area contributed by atoms with E-state index in [2.05, 4.69) is 31.2 Å². The largest absolute Gasteiger partial charge is 0.463 e. The maximum absolute atomic E-state index is 14.0. The molecule has 10 atom stereocenters. The van der Waals surface area contributed by atoms with Crippen LogP contribution in [0.4, 0.5) is 16.2 Å². The van der Waals surface area contributed by atoms with E-state index in [1.165, 1.54) is 24.3 Å². The van der Waals surface area contributed by atoms with Crippen molar-refractivity contribution < 1.29 is 100 Å². The number of amides is 4. The van der Waals surface area contributed by atoms with Crippen LogP contribution < -0.4 is 21.3 Å². The molecule has 0 spiro atoms. The van der Waals surface area contributed by atoms with Crippen LogP contribution in [0, 0.1) is 0 Å². The number of aromatic nitrogens is 2. The molecule has 2 aromatic carbocycles. The highest BCUT2D eigenvalue weighted by molar-refractivity contribution is 6.10. The van der Waals surface area contributed by atoms with E-state index in [9.17, 15) is 52.7 Å². The SMILES string of the molecule is CC(=O)OC[C@H]1O[C@@H](OC(C)=O)[C@H](NC(=O)c2cc3cccc(NC(=O)Nc4cccc5cc(C(=O)N[C@H]6[C@H](OC(C)=O)O[C@H](COC(C)=O)[C@@H](OC(C)=O)[C@@H]6OC(C)=O)[nH]c45)c3[nH]2)[C@@H](OC(C)=O)[C@@H]1OC(C)=O. The number of esters is 8. The first-order valence-electron chi connectivity index (χ1n) is 22.5. The fourth-order valence-corrected chi connectivity index (χ4v) is 8.14. The smallest absolute Gasteiger partial charge is 0.323 e. The highest BCUT2D eigenvalue weighted by Gasteiger charge is 2.54. The normalized spacial score (nSPS) is 23.2. The van der Waals surface area contributed by atoms with Crippen LogP contribution in [-0.2, 0) is 85.7 Å². The molecule has 0 radical (unpaired) electrons. The van der Waals surface area contributed by atoms with Gasteiger partial charge in [0.1, 0.15) is 48.9 Å². The first-order valence-corrected chi connectivity index (χ1v) is 22.5. The van der Waals surface area contributed by atoms with Gasteiger partial charge in [0.15, 0.2) is 24.4 Å². The Bertz CT molecular complexity index is 2670. The number of carbonyl (C=O) groups is 11. The van der Waals surface area contributed by atoms with E-state index in [1.54, 1.807) is 24.3 Å². The summed E-state index contributed by atoms with van der Waals surface area (Å²) in [6.45, 7) is 7.54. The predicted octanol–water partition coefficient (Wildman–Crippen LogP) is 1.92. The molecule has 396 valence electrons. The van der Waals surface area contributed by atoms with Crippen molar-refractivity contribution in [1.29, 1.82) is 0 Å². The quantitative estimate of drug-likeness (QED) is 0.0689. The Kier molecular flexibility index (Phi) is 17.6. The Hall–Kier alpha value is -8.59. The second-order valence-electron chi connectivity index (χ2n) is 16.7. The highest BCUT2D eigenvalue weighted by Crippen LogP contribution is 2.32. The number of hydrogen-bond acceptors (Lipinski definition) is 21. The predicted molar refractivity (Wildman–Crippen MR) is 248 cm³/mol. The lowest BCUT2D eigenvalue weighted by Crippen LogP contribution is -2.67. The van der Waals surface area contributed by atoms with Crippen LogP contribution in [0.25, 0.3) is 21.8 Å². The van der Waals surface area contributed by atoms with Gasteiger partial charge in [-0.15, -0.1) is 0 Å². The number of anilines is 2. The number of benzene rings is 2. The van der Waals surface area contributed by atoms with E-state index in [1.807, 2.05) is 0 Å². The minimum Gasteiger partial charge on any atom is -0.463 e. The van der Waals surface area contributed by atoms with Crippen LogP contribution in [0.3, 0.4) is 0 Å². The van der Waals surface area contributed by atoms with Crippen LogP contribution in [0.2, 0.25) is 0 Å². The van der Waals surface area contributed by atoms with Crippen LogP contribution >= 0.6 is 0 Å². The summed E-state index contributed by atoms with van der Waals surface area (Å²) in [5.74, 6) is -8.33. The summed E-state index contributed by atoms with van der Waals surface area (Å²) in [7, 11) is 0. The molecule has 2 aliphatic rings. The van der Waals surface area contributed by atoms with Gasteiger partial charge in [0.05, 0.1) is 22.4 Å². The van der Waals surface area contributed by atoms with Crippen LogP contribution in [0.15, 0.2) is 48.5 Å². The zero-order chi connectivity index (χ0) is 54.1. The standard InChI is InChI=1S/C47H52N6O21/c1-19(54)65-17-33-39(67-21(3)56)41(69-23(5)58)37(45(73-33)71-25(7)60)52-43(62)31-15-27-11-9-13-29(35(27)48-31)50-47(64)51-30-14-10-12-28-16-32(49-36(28)30)44(63)53-38-42(70-24(6)59)40(68-22(4)57)34(18-66-20(2)55)74-46(38)72-26(8)61/h9-16,33-34,37-42,45-46,48-49H,17-18H2,1-8H3,(H,52,62)(H,53,63)(H2,50,51,64)/t33-,34-,37-,38-,39-,40-,41-,42-,45-,46-/m1/s1. The highest BCUT2D eigenvalue weighted by atomic mass is 16.7. The molecule has 2 aliphatic heterocycles. The number of aromatic amines is 2. The van der Waals surface area contributed by atoms with Crippen LogP contribution in [0.5, 0.6) is 0 Å². The first-order chi connectivity index (χ1) is 35.0. The zero-order valence-corrected chi connectivity index (χ0v) is 40.9. The number of ether oxygens (including phenoxy) is 10. The number of fused-ring (bicyclic) bond motifs is 2. The molecule has 4 aromatic rings. The van der Waals surface area contributed by atoms with Gasteiger partial charge in [-0.1, -0.05) is 24.3 Å². The van der Waals surface area contributed by atoms with Crippen LogP contribution in [0.1, 0.15) is 76.4 Å². The summed E-state index contributed by atoms with van der Waals surface area (Å²) in [6, 6.07) is 8.54. The Morgan fingerprint density at radius 2 is 0.797 bits per heavy atom. The molecule has 4 heterocycles. The number of rotatable bonds is 16. The van der Waals surface area contributed by atoms with Crippen molar-refractivity contribution >= 4 is 98.8 Å². The van der Waals surface area contributed by atoms with E-state index in [4.69, 9.17) is 47.4 Å². The number of carbonyl (C=O) groups excluding carboxylic acids is 11. The molecule has 0 saturated carbocycles. The molecule has 0 aliphatic carbocycles. The van der Waals surface area contributed by atoms with Crippen molar-refractivity contribution in [3.63, 3.8) is 0 Å². The fourth-order valence-electron chi connectivity index (χ4n) is 8.14. The van der Waals surface area contributed by atoms with Gasteiger partial charge in [0.2, 0.25) is 12.6 Å². The van der Waals surface area contributed by atoms with E-state index in [-0.39, 0.29) is 33.8 Å². The minimum absolute atomic E-state index is 0.104. The Balaban J connectivity index is 1.22. The van der Waals surface area contributed by atoms with Gasteiger partial charge >= 0.3 is 53.8 Å². The minimum atomic E-state index is -1.66. The summed E-state index contributed by atoms with van der Waals surface area (Å²) in [5, 5.41) is 11.5. The molecule has 0 unspecified atom stereocenters. The van der Waals surface area contributed by atoms with Crippen molar-refractivity contribution in [1.82, 2.24) is 20.6 Å². The molecule has 4 amide bonds. The Labute approximate surface area is 419 Å². The zero-order valence-electron chi connectivity index (χ0n) is 40.9. The van der Waals surface area contributed by atoms with Gasteiger partial charge in [0, 0.05) is 66.2 Å². The van der Waals surface area contributed by atoms with Crippen molar-refractivity contribution in [2.75, 3.05) is 23.8 Å². The molecule has 27 heteroatoms. The van der Waals surface area contributed by atoms with E-state index >= 15 is 0 Å². The van der Waals surface area contributed by atoms with Gasteiger partial charge in [0.25, 0.3) is 11.8 Å². The summed E-state index contributed by atoms with van der Waals surface area (Å²) in [5.41, 5.74) is 0.673. The fraction of sp³-hybridized carbons (Fsp3) is 0.426. The molecular formula is C47H52N6O21. The average Bonchev–Trinajstić information content (AvgIpc) is 3.95. The van der Waals surface area contributed by atoms with Gasteiger partial charge < -0.3 is 78.6 Å². The molecule has 0 bridgehead atoms. The first kappa shape index (κ1) is 54.7. The Morgan fingerprint density at radius 3 is 1.12 bits per heavy atom. The molecule has 27 nitrogen and oxygen atoms in total. The molecule has 6 rings (SSSR count). The molecule has 2 fully saturated rings. The maximum atomic E-state index is 14.0. The average molecular weight is 1040 g/mol. The second kappa shape index (κ2) is 23.8. The van der Waals surface area contributed by atoms with Crippen molar-refractivity contribution in [3.05, 3.63) is 59.9 Å². The van der Waals surface area contributed by atoms with Gasteiger partial charge in [-0.3, -0.25) is 47.9 Å². The molecular weight excluding hydrogens is 985 g/mol. The third-order valence-corrected chi connectivity index (χ3v) is 10.9. The molecule has 6 N–H and O–H groups in total. The molecule has 2 saturated heterocycles. The number of H-pyrrole nitrogens is 2. The lowest BCUT2D eigenvalue weighted by Gasteiger charge is -2.44. The molecule has 2 aromatic heterocycles. The van der Waals surface area contributed by atoms with E-state index in [0.717, 1.165) is 55.4 Å². The van der Waals surface area contributed by atoms with E-state index < -0.39 is 140 Å². The topological polar surface area (TPSA) is 360 Å². The van der Waals surface area contributed by atoms with Crippen molar-refractivity contribution in [3.8, 4) is 0 Å². The summed E-state index contributed by atoms with van der Waals surface area (Å²) in [6.07, 6.45) is -12.0. The van der Waals surface area contributed by atoms with Crippen molar-refractivity contribution in [2.24, 2.45) is 0 Å². The van der Waals surface area contributed by atoms with Gasteiger partial charge in [-0.05, 0) is 24.3 Å². The summed E-state index contributed by atoms with van der Waals surface area (Å²) >= 11 is 0. The third kappa shape index (κ3) is 13.9. The lowest BCUT2D eigenvalue weighted by atomic mass is 9.96. The summed E-state index contributed by atoms with van der Waals surface area (Å²) < 4.78 is 54.5. The Morgan fingerprint density at radius 1 is 0.459 bits per heavy atom. The number of hydrogen-bond donors (Lipinski definition) is 6. The van der Waals surface area contributed by atoms with Gasteiger partial charge in [-0.25, -0.2) is 4.79 Å². The number of nitrogens with one attached hydrogen (secondary N) is 6. The second-order valence-corrected chi connectivity index (χ2v) is 16.7. The molecule has 74 heavy (non-hydrogen) atoms. The van der Waals surface area contributed by atoms with Crippen LogP contribution in [-0.4, -0.2) is 150 Å². The lowest BCUT2D eigenvalue weighted by molar-refractivity contribution is -0.270. The summed E-state index contributed by atoms with van der Waals surface area (Å²) in [4.78, 5) is 145. The maximum Gasteiger partial charge on any atom is 0.323 e. The van der Waals surface area contributed by atoms with E-state index in [0.29, 0.717) is 10.8 Å². The number of para-hydroxylation sites is 2. The number of urea groups is 1. The van der Waals surface area contributed by atoms with Crippen molar-refractivity contribution in [2.45, 2.75) is 117 Å².